The topological polar surface area (TPSA) is 55.5 Å². The Hall–Kier alpha value is -1.06. The van der Waals surface area contributed by atoms with Gasteiger partial charge in [0.2, 0.25) is 0 Å². The highest BCUT2D eigenvalue weighted by atomic mass is 16.5. The molecular weight excluding hydrogens is 202 g/mol. The fourth-order valence-corrected chi connectivity index (χ4v) is 1.87. The first kappa shape index (κ1) is 11.4. The summed E-state index contributed by atoms with van der Waals surface area (Å²) in [6.45, 7) is 2.40. The Morgan fingerprint density at radius 2 is 2.25 bits per heavy atom. The van der Waals surface area contributed by atoms with E-state index in [1.165, 1.54) is 0 Å². The number of aryl methyl sites for hydroxylation is 1. The number of ether oxygens (including phenoxy) is 1. The van der Waals surface area contributed by atoms with Crippen molar-refractivity contribution in [2.24, 2.45) is 11.7 Å². The van der Waals surface area contributed by atoms with Crippen LogP contribution in [0.25, 0.3) is 0 Å². The number of benzene rings is 1. The molecule has 16 heavy (non-hydrogen) atoms. The minimum Gasteiger partial charge on any atom is -0.492 e. The van der Waals surface area contributed by atoms with Crippen molar-refractivity contribution >= 4 is 0 Å². The molecule has 0 amide bonds. The molecule has 3 heteroatoms. The van der Waals surface area contributed by atoms with Crippen LogP contribution in [0.5, 0.6) is 5.75 Å². The van der Waals surface area contributed by atoms with Crippen LogP contribution < -0.4 is 10.5 Å². The van der Waals surface area contributed by atoms with Gasteiger partial charge >= 0.3 is 0 Å². The normalized spacial score (nSPS) is 19.2. The molecule has 1 aromatic rings. The van der Waals surface area contributed by atoms with Gasteiger partial charge in [0.15, 0.2) is 0 Å². The van der Waals surface area contributed by atoms with E-state index < -0.39 is 5.54 Å². The Morgan fingerprint density at radius 1 is 1.50 bits per heavy atom. The lowest BCUT2D eigenvalue weighted by molar-refractivity contribution is 0.117. The first-order chi connectivity index (χ1) is 7.64. The minimum atomic E-state index is -0.566. The molecule has 88 valence electrons. The zero-order valence-electron chi connectivity index (χ0n) is 9.65. The van der Waals surface area contributed by atoms with E-state index >= 15 is 0 Å². The van der Waals surface area contributed by atoms with Crippen molar-refractivity contribution in [3.63, 3.8) is 0 Å². The fraction of sp³-hybridized carbons (Fsp3) is 0.538. The maximum Gasteiger partial charge on any atom is 0.119 e. The van der Waals surface area contributed by atoms with Crippen LogP contribution in [0.1, 0.15) is 18.4 Å². The van der Waals surface area contributed by atoms with Crippen molar-refractivity contribution in [3.05, 3.63) is 29.8 Å². The molecule has 0 radical (unpaired) electrons. The zero-order chi connectivity index (χ0) is 11.6. The van der Waals surface area contributed by atoms with Crippen molar-refractivity contribution in [1.29, 1.82) is 0 Å². The largest absolute Gasteiger partial charge is 0.492 e. The molecule has 1 aliphatic carbocycles. The average Bonchev–Trinajstić information content (AvgIpc) is 3.10. The summed E-state index contributed by atoms with van der Waals surface area (Å²) in [5.41, 5.74) is 6.71. The predicted molar refractivity (Wildman–Crippen MR) is 63.4 cm³/mol. The molecular formula is C13H19NO2. The van der Waals surface area contributed by atoms with Gasteiger partial charge in [-0.3, -0.25) is 0 Å². The zero-order valence-corrected chi connectivity index (χ0v) is 9.65. The Morgan fingerprint density at radius 3 is 2.81 bits per heavy atom. The van der Waals surface area contributed by atoms with E-state index in [0.29, 0.717) is 12.5 Å². The molecule has 0 heterocycles. The van der Waals surface area contributed by atoms with E-state index in [1.54, 1.807) is 0 Å². The van der Waals surface area contributed by atoms with Crippen LogP contribution in [0.2, 0.25) is 0 Å². The van der Waals surface area contributed by atoms with Crippen LogP contribution in [-0.4, -0.2) is 23.9 Å². The van der Waals surface area contributed by atoms with Crippen molar-refractivity contribution in [1.82, 2.24) is 0 Å². The molecule has 3 N–H and O–H groups in total. The molecule has 1 fully saturated rings. The van der Waals surface area contributed by atoms with Crippen LogP contribution in [0, 0.1) is 12.8 Å². The first-order valence-electron chi connectivity index (χ1n) is 5.73. The van der Waals surface area contributed by atoms with Crippen LogP contribution in [0.4, 0.5) is 0 Å². The van der Waals surface area contributed by atoms with Gasteiger partial charge < -0.3 is 15.6 Å². The summed E-state index contributed by atoms with van der Waals surface area (Å²) in [6.07, 6.45) is 2.21. The summed E-state index contributed by atoms with van der Waals surface area (Å²) in [4.78, 5) is 0. The van der Waals surface area contributed by atoms with Crippen molar-refractivity contribution in [2.75, 3.05) is 13.2 Å². The molecule has 1 aliphatic rings. The van der Waals surface area contributed by atoms with E-state index in [9.17, 15) is 5.11 Å². The molecule has 1 saturated carbocycles. The number of nitrogens with two attached hydrogens (primary N) is 1. The molecule has 0 aliphatic heterocycles. The maximum absolute atomic E-state index is 9.32. The van der Waals surface area contributed by atoms with Crippen LogP contribution in [0.3, 0.4) is 0 Å². The Kier molecular flexibility index (Phi) is 3.17. The van der Waals surface area contributed by atoms with Crippen molar-refractivity contribution in [2.45, 2.75) is 25.3 Å². The number of hydrogen-bond donors (Lipinski definition) is 2. The molecule has 2 rings (SSSR count). The molecule has 0 saturated heterocycles. The van der Waals surface area contributed by atoms with Gasteiger partial charge in [-0.1, -0.05) is 12.1 Å². The number of rotatable bonds is 5. The molecule has 0 bridgehead atoms. The van der Waals surface area contributed by atoms with Crippen LogP contribution in [-0.2, 0) is 0 Å². The maximum atomic E-state index is 9.32. The van der Waals surface area contributed by atoms with Gasteiger partial charge in [-0.05, 0) is 43.4 Å². The number of aliphatic hydroxyl groups is 1. The molecule has 3 nitrogen and oxygen atoms in total. The third-order valence-electron chi connectivity index (χ3n) is 3.18. The third kappa shape index (κ3) is 2.54. The lowest BCUT2D eigenvalue weighted by atomic mass is 9.97. The Balaban J connectivity index is 1.95. The summed E-state index contributed by atoms with van der Waals surface area (Å²) in [5.74, 6) is 1.24. The highest BCUT2D eigenvalue weighted by molar-refractivity contribution is 5.27. The SMILES string of the molecule is Cc1cccc(OCC(N)(CO)C2CC2)c1. The third-order valence-corrected chi connectivity index (χ3v) is 3.18. The molecule has 0 spiro atoms. The highest BCUT2D eigenvalue weighted by Crippen LogP contribution is 2.38. The lowest BCUT2D eigenvalue weighted by Gasteiger charge is -2.27. The summed E-state index contributed by atoms with van der Waals surface area (Å²) in [6, 6.07) is 7.87. The summed E-state index contributed by atoms with van der Waals surface area (Å²) in [7, 11) is 0. The van der Waals surface area contributed by atoms with Gasteiger partial charge in [-0.15, -0.1) is 0 Å². The van der Waals surface area contributed by atoms with Crippen LogP contribution >= 0.6 is 0 Å². The van der Waals surface area contributed by atoms with Gasteiger partial charge in [0.05, 0.1) is 12.1 Å². The summed E-state index contributed by atoms with van der Waals surface area (Å²) < 4.78 is 5.66. The highest BCUT2D eigenvalue weighted by Gasteiger charge is 2.42. The second kappa shape index (κ2) is 4.44. The second-order valence-electron chi connectivity index (χ2n) is 4.77. The summed E-state index contributed by atoms with van der Waals surface area (Å²) >= 11 is 0. The lowest BCUT2D eigenvalue weighted by Crippen LogP contribution is -2.51. The quantitative estimate of drug-likeness (QED) is 0.791. The van der Waals surface area contributed by atoms with Gasteiger partial charge in [0.1, 0.15) is 12.4 Å². The standard InChI is InChI=1S/C13H19NO2/c1-10-3-2-4-12(7-10)16-9-13(14,8-15)11-5-6-11/h2-4,7,11,15H,5-6,8-9,14H2,1H3. The van der Waals surface area contributed by atoms with Gasteiger partial charge in [-0.2, -0.15) is 0 Å². The number of aliphatic hydroxyl groups excluding tert-OH is 1. The monoisotopic (exact) mass is 221 g/mol. The van der Waals surface area contributed by atoms with Crippen molar-refractivity contribution in [3.8, 4) is 5.75 Å². The molecule has 1 atom stereocenters. The average molecular weight is 221 g/mol. The van der Waals surface area contributed by atoms with E-state index in [2.05, 4.69) is 0 Å². The minimum absolute atomic E-state index is 0.0104. The Bertz CT molecular complexity index is 363. The van der Waals surface area contributed by atoms with Crippen LogP contribution in [0.15, 0.2) is 24.3 Å². The van der Waals surface area contributed by atoms with Gasteiger partial charge in [0, 0.05) is 0 Å². The predicted octanol–water partition coefficient (Wildman–Crippen LogP) is 1.47. The van der Waals surface area contributed by atoms with Gasteiger partial charge in [0.25, 0.3) is 0 Å². The van der Waals surface area contributed by atoms with Crippen molar-refractivity contribution < 1.29 is 9.84 Å². The first-order valence-corrected chi connectivity index (χ1v) is 5.73. The summed E-state index contributed by atoms with van der Waals surface area (Å²) in [5, 5.41) is 9.32. The van der Waals surface area contributed by atoms with Gasteiger partial charge in [-0.25, -0.2) is 0 Å². The van der Waals surface area contributed by atoms with E-state index in [1.807, 2.05) is 31.2 Å². The molecule has 0 aromatic heterocycles. The smallest absolute Gasteiger partial charge is 0.119 e. The van der Waals surface area contributed by atoms with E-state index in [-0.39, 0.29) is 6.61 Å². The second-order valence-corrected chi connectivity index (χ2v) is 4.77. The fourth-order valence-electron chi connectivity index (χ4n) is 1.87. The van der Waals surface area contributed by atoms with E-state index in [4.69, 9.17) is 10.5 Å². The Labute approximate surface area is 96.2 Å². The molecule has 1 aromatic carbocycles. The number of hydrogen-bond acceptors (Lipinski definition) is 3. The van der Waals surface area contributed by atoms with E-state index in [0.717, 1.165) is 24.2 Å². The molecule has 1 unspecified atom stereocenters.